The minimum absolute atomic E-state index is 0.174. The molecule has 1 heterocycles. The second-order valence-corrected chi connectivity index (χ2v) is 8.77. The zero-order valence-corrected chi connectivity index (χ0v) is 16.4. The minimum Gasteiger partial charge on any atom is -0.384 e. The number of amides is 1. The lowest BCUT2D eigenvalue weighted by Crippen LogP contribution is -2.41. The molecule has 0 radical (unpaired) electrons. The summed E-state index contributed by atoms with van der Waals surface area (Å²) in [5, 5.41) is 10.1. The fraction of sp³-hybridized carbons (Fsp3) is 0.316. The van der Waals surface area contributed by atoms with Crippen molar-refractivity contribution in [1.29, 1.82) is 0 Å². The number of sulfonamides is 1. The van der Waals surface area contributed by atoms with E-state index in [1.54, 1.807) is 47.4 Å². The normalized spacial score (nSPS) is 15.3. The highest BCUT2D eigenvalue weighted by atomic mass is 35.5. The molecule has 2 N–H and O–H groups in total. The first-order valence-corrected chi connectivity index (χ1v) is 10.4. The summed E-state index contributed by atoms with van der Waals surface area (Å²) in [6.07, 6.45) is -0.489. The third-order valence-corrected chi connectivity index (χ3v) is 6.20. The van der Waals surface area contributed by atoms with Crippen molar-refractivity contribution < 1.29 is 18.3 Å². The summed E-state index contributed by atoms with van der Waals surface area (Å²) in [5.41, 5.74) is 2.61. The Balaban J connectivity index is 1.72. The predicted molar refractivity (Wildman–Crippen MR) is 103 cm³/mol. The first-order chi connectivity index (χ1) is 12.8. The molecule has 0 saturated heterocycles. The van der Waals surface area contributed by atoms with Gasteiger partial charge in [-0.25, -0.2) is 13.1 Å². The molecule has 1 unspecified atom stereocenters. The van der Waals surface area contributed by atoms with Crippen LogP contribution in [-0.2, 0) is 34.3 Å². The number of rotatable bonds is 5. The molecule has 0 fully saturated rings. The van der Waals surface area contributed by atoms with Crippen LogP contribution in [0.25, 0.3) is 0 Å². The van der Waals surface area contributed by atoms with Crippen molar-refractivity contribution in [2.45, 2.75) is 37.4 Å². The quantitative estimate of drug-likeness (QED) is 0.793. The number of halogens is 1. The molecule has 144 valence electrons. The molecule has 0 spiro atoms. The minimum atomic E-state index is -3.65. The maximum Gasteiger partial charge on any atom is 0.251 e. The zero-order chi connectivity index (χ0) is 19.6. The Morgan fingerprint density at radius 2 is 1.93 bits per heavy atom. The number of carbonyl (C=O) groups excluding carboxylic acids is 1. The lowest BCUT2D eigenvalue weighted by Gasteiger charge is -2.30. The maximum absolute atomic E-state index is 12.6. The van der Waals surface area contributed by atoms with Gasteiger partial charge in [0, 0.05) is 24.7 Å². The van der Waals surface area contributed by atoms with Crippen LogP contribution in [0.2, 0.25) is 5.02 Å². The van der Waals surface area contributed by atoms with Gasteiger partial charge in [0.15, 0.2) is 0 Å². The number of fused-ring (bicyclic) bond motifs is 1. The molecule has 2 aromatic carbocycles. The lowest BCUT2D eigenvalue weighted by atomic mass is 9.99. The Labute approximate surface area is 163 Å². The number of benzene rings is 2. The number of hydrogen-bond donors (Lipinski definition) is 2. The van der Waals surface area contributed by atoms with Crippen LogP contribution in [0.1, 0.15) is 23.6 Å². The summed E-state index contributed by atoms with van der Waals surface area (Å²) in [6.45, 7) is 2.45. The zero-order valence-electron chi connectivity index (χ0n) is 14.9. The Kier molecular flexibility index (Phi) is 5.86. The Hall–Kier alpha value is -1.93. The third-order valence-electron chi connectivity index (χ3n) is 4.55. The van der Waals surface area contributed by atoms with Crippen molar-refractivity contribution in [1.82, 2.24) is 9.62 Å². The van der Waals surface area contributed by atoms with Gasteiger partial charge in [0.1, 0.15) is 6.10 Å². The summed E-state index contributed by atoms with van der Waals surface area (Å²) in [7, 11) is -3.65. The van der Waals surface area contributed by atoms with E-state index in [9.17, 15) is 18.3 Å². The van der Waals surface area contributed by atoms with Crippen LogP contribution >= 0.6 is 11.6 Å². The van der Waals surface area contributed by atoms with Gasteiger partial charge in [-0.1, -0.05) is 29.8 Å². The Bertz CT molecular complexity index is 943. The van der Waals surface area contributed by atoms with Crippen LogP contribution < -0.4 is 4.72 Å². The molecular weight excluding hydrogens is 388 g/mol. The number of aliphatic hydroxyl groups is 1. The summed E-state index contributed by atoms with van der Waals surface area (Å²) >= 11 is 5.84. The molecule has 3 rings (SSSR count). The summed E-state index contributed by atoms with van der Waals surface area (Å²) in [6, 6.07) is 11.9. The number of hydrogen-bond acceptors (Lipinski definition) is 4. The monoisotopic (exact) mass is 408 g/mol. The molecule has 1 aliphatic heterocycles. The van der Waals surface area contributed by atoms with Gasteiger partial charge in [0.25, 0.3) is 5.91 Å². The number of nitrogens with one attached hydrogen (secondary N) is 1. The predicted octanol–water partition coefficient (Wildman–Crippen LogP) is 2.08. The fourth-order valence-corrected chi connectivity index (χ4v) is 4.21. The van der Waals surface area contributed by atoms with Gasteiger partial charge in [0.05, 0.1) is 4.90 Å². The maximum atomic E-state index is 12.6. The molecule has 1 amide bonds. The second-order valence-electron chi connectivity index (χ2n) is 6.57. The number of carbonyl (C=O) groups is 1. The van der Waals surface area contributed by atoms with Gasteiger partial charge in [0.2, 0.25) is 10.0 Å². The van der Waals surface area contributed by atoms with E-state index in [0.29, 0.717) is 24.5 Å². The molecule has 6 nitrogen and oxygen atoms in total. The topological polar surface area (TPSA) is 86.7 Å². The average Bonchev–Trinajstić information content (AvgIpc) is 2.66. The van der Waals surface area contributed by atoms with Crippen LogP contribution in [0.3, 0.4) is 0 Å². The van der Waals surface area contributed by atoms with E-state index in [4.69, 9.17) is 11.6 Å². The van der Waals surface area contributed by atoms with E-state index in [0.717, 1.165) is 16.7 Å². The van der Waals surface area contributed by atoms with Crippen LogP contribution in [0, 0.1) is 0 Å². The van der Waals surface area contributed by atoms with E-state index < -0.39 is 16.1 Å². The summed E-state index contributed by atoms with van der Waals surface area (Å²) < 4.78 is 27.8. The van der Waals surface area contributed by atoms with Crippen molar-refractivity contribution >= 4 is 27.5 Å². The molecular formula is C19H21ClN2O4S. The molecule has 2 aromatic rings. The molecule has 8 heteroatoms. The van der Waals surface area contributed by atoms with Gasteiger partial charge in [-0.3, -0.25) is 4.79 Å². The molecule has 27 heavy (non-hydrogen) atoms. The van der Waals surface area contributed by atoms with E-state index in [2.05, 4.69) is 4.72 Å². The van der Waals surface area contributed by atoms with Crippen LogP contribution in [0.5, 0.6) is 0 Å². The standard InChI is InChI=1S/C19H21ClN2O4S/c1-13(23)19(24)22-9-8-15-10-18(7-4-16(15)12-22)27(25,26)21-11-14-2-5-17(20)6-3-14/h2-7,10,13,21,23H,8-9,11-12H2,1H3. The highest BCUT2D eigenvalue weighted by molar-refractivity contribution is 7.89. The van der Waals surface area contributed by atoms with Crippen molar-refractivity contribution in [2.75, 3.05) is 6.54 Å². The van der Waals surface area contributed by atoms with E-state index in [1.807, 2.05) is 0 Å². The largest absolute Gasteiger partial charge is 0.384 e. The molecule has 0 bridgehead atoms. The first-order valence-electron chi connectivity index (χ1n) is 8.59. The molecule has 0 aromatic heterocycles. The van der Waals surface area contributed by atoms with Gasteiger partial charge >= 0.3 is 0 Å². The lowest BCUT2D eigenvalue weighted by molar-refractivity contribution is -0.140. The van der Waals surface area contributed by atoms with Crippen LogP contribution in [0.15, 0.2) is 47.4 Å². The van der Waals surface area contributed by atoms with Gasteiger partial charge < -0.3 is 10.0 Å². The highest BCUT2D eigenvalue weighted by Gasteiger charge is 2.25. The van der Waals surface area contributed by atoms with Crippen LogP contribution in [-0.4, -0.2) is 37.0 Å². The van der Waals surface area contributed by atoms with E-state index in [-0.39, 0.29) is 17.3 Å². The molecule has 0 aliphatic carbocycles. The van der Waals surface area contributed by atoms with Gasteiger partial charge in [-0.05, 0) is 54.3 Å². The third kappa shape index (κ3) is 4.68. The van der Waals surface area contributed by atoms with Crippen LogP contribution in [0.4, 0.5) is 0 Å². The Morgan fingerprint density at radius 1 is 1.22 bits per heavy atom. The van der Waals surface area contributed by atoms with E-state index >= 15 is 0 Å². The molecule has 1 aliphatic rings. The fourth-order valence-electron chi connectivity index (χ4n) is 3.01. The average molecular weight is 409 g/mol. The number of aliphatic hydroxyl groups excluding tert-OH is 1. The van der Waals surface area contributed by atoms with E-state index in [1.165, 1.54) is 6.92 Å². The van der Waals surface area contributed by atoms with Crippen molar-refractivity contribution in [3.05, 3.63) is 64.2 Å². The molecule has 0 saturated carbocycles. The second kappa shape index (κ2) is 7.98. The van der Waals surface area contributed by atoms with Crippen molar-refractivity contribution in [3.63, 3.8) is 0 Å². The number of nitrogens with zero attached hydrogens (tertiary/aromatic N) is 1. The first kappa shape index (κ1) is 19.8. The van der Waals surface area contributed by atoms with Crippen molar-refractivity contribution in [3.8, 4) is 0 Å². The summed E-state index contributed by atoms with van der Waals surface area (Å²) in [4.78, 5) is 13.7. The van der Waals surface area contributed by atoms with Gasteiger partial charge in [-0.2, -0.15) is 0 Å². The SMILES string of the molecule is CC(O)C(=O)N1CCc2cc(S(=O)(=O)NCc3ccc(Cl)cc3)ccc2C1. The Morgan fingerprint density at radius 3 is 2.59 bits per heavy atom. The molecule has 1 atom stereocenters. The summed E-state index contributed by atoms with van der Waals surface area (Å²) in [5.74, 6) is -0.318. The highest BCUT2D eigenvalue weighted by Crippen LogP contribution is 2.23. The smallest absolute Gasteiger partial charge is 0.251 e. The van der Waals surface area contributed by atoms with Crippen molar-refractivity contribution in [2.24, 2.45) is 0 Å². The van der Waals surface area contributed by atoms with Gasteiger partial charge in [-0.15, -0.1) is 0 Å².